The number of carbonyl (C=O) groups is 1. The van der Waals surface area contributed by atoms with Gasteiger partial charge in [0.2, 0.25) is 0 Å². The summed E-state index contributed by atoms with van der Waals surface area (Å²) >= 11 is 0. The van der Waals surface area contributed by atoms with E-state index in [0.717, 1.165) is 48.5 Å². The second-order valence-electron chi connectivity index (χ2n) is 6.85. The Bertz CT molecular complexity index is 821. The summed E-state index contributed by atoms with van der Waals surface area (Å²) < 4.78 is 21.5. The first kappa shape index (κ1) is 17.1. The molecule has 2 heterocycles. The van der Waals surface area contributed by atoms with E-state index in [4.69, 9.17) is 18.9 Å². The lowest BCUT2D eigenvalue weighted by Gasteiger charge is -2.12. The van der Waals surface area contributed by atoms with Gasteiger partial charge in [-0.1, -0.05) is 12.1 Å². The van der Waals surface area contributed by atoms with Gasteiger partial charge in [-0.3, -0.25) is 4.79 Å². The van der Waals surface area contributed by atoms with Crippen molar-refractivity contribution in [1.29, 1.82) is 0 Å². The molecule has 0 aliphatic carbocycles. The summed E-state index contributed by atoms with van der Waals surface area (Å²) in [7, 11) is 1.67. The molecule has 2 saturated heterocycles. The van der Waals surface area contributed by atoms with Gasteiger partial charge in [0.15, 0.2) is 0 Å². The van der Waals surface area contributed by atoms with Crippen LogP contribution in [0.15, 0.2) is 36.4 Å². The average Bonchev–Trinajstić information content (AvgIpc) is 3.51. The Hall–Kier alpha value is -2.37. The predicted molar refractivity (Wildman–Crippen MR) is 96.6 cm³/mol. The van der Waals surface area contributed by atoms with Crippen LogP contribution >= 0.6 is 0 Å². The Balaban J connectivity index is 1.70. The van der Waals surface area contributed by atoms with Gasteiger partial charge in [-0.05, 0) is 46.5 Å². The Morgan fingerprint density at radius 3 is 1.88 bits per heavy atom. The van der Waals surface area contributed by atoms with Gasteiger partial charge in [0, 0.05) is 19.8 Å². The molecule has 0 amide bonds. The van der Waals surface area contributed by atoms with Gasteiger partial charge >= 0.3 is 5.97 Å². The molecule has 26 heavy (non-hydrogen) atoms. The summed E-state index contributed by atoms with van der Waals surface area (Å²) in [5.41, 5.74) is 4.30. The van der Waals surface area contributed by atoms with Crippen LogP contribution < -0.4 is 9.47 Å². The number of hydrogen-bond donors (Lipinski definition) is 0. The fraction of sp³-hybridized carbons (Fsp3) is 0.381. The third-order valence-corrected chi connectivity index (χ3v) is 4.49. The lowest BCUT2D eigenvalue weighted by molar-refractivity contribution is -0.131. The maximum absolute atomic E-state index is 11.4. The average molecular weight is 354 g/mol. The van der Waals surface area contributed by atoms with Crippen LogP contribution in [0.1, 0.15) is 18.1 Å². The van der Waals surface area contributed by atoms with Crippen molar-refractivity contribution in [3.8, 4) is 22.6 Å². The number of ether oxygens (including phenoxy) is 4. The van der Waals surface area contributed by atoms with Crippen LogP contribution in [0.2, 0.25) is 0 Å². The van der Waals surface area contributed by atoms with E-state index >= 15 is 0 Å². The van der Waals surface area contributed by atoms with E-state index in [1.54, 1.807) is 7.11 Å². The summed E-state index contributed by atoms with van der Waals surface area (Å²) in [6.45, 7) is 3.02. The number of esters is 1. The molecule has 0 radical (unpaired) electrons. The molecule has 5 nitrogen and oxygen atoms in total. The van der Waals surface area contributed by atoms with E-state index in [1.165, 1.54) is 12.5 Å². The van der Waals surface area contributed by atoms with Crippen molar-refractivity contribution < 1.29 is 23.7 Å². The molecule has 2 aliphatic rings. The molecule has 4 rings (SSSR count). The van der Waals surface area contributed by atoms with Crippen molar-refractivity contribution in [3.05, 3.63) is 47.5 Å². The molecule has 2 atom stereocenters. The van der Waals surface area contributed by atoms with Crippen molar-refractivity contribution in [3.63, 3.8) is 0 Å². The monoisotopic (exact) mass is 354 g/mol. The predicted octanol–water partition coefficient (Wildman–Crippen LogP) is 3.17. The van der Waals surface area contributed by atoms with Gasteiger partial charge in [-0.25, -0.2) is 0 Å². The molecule has 0 saturated carbocycles. The first-order chi connectivity index (χ1) is 12.6. The number of epoxide rings is 2. The molecule has 2 fully saturated rings. The van der Waals surface area contributed by atoms with Gasteiger partial charge in [0.1, 0.15) is 11.5 Å². The zero-order chi connectivity index (χ0) is 18.1. The van der Waals surface area contributed by atoms with E-state index in [2.05, 4.69) is 12.1 Å². The van der Waals surface area contributed by atoms with Crippen LogP contribution in [0.5, 0.6) is 11.5 Å². The van der Waals surface area contributed by atoms with Crippen molar-refractivity contribution >= 4 is 5.97 Å². The third-order valence-electron chi connectivity index (χ3n) is 4.49. The van der Waals surface area contributed by atoms with Crippen LogP contribution in [0, 0.1) is 0 Å². The first-order valence-corrected chi connectivity index (χ1v) is 8.83. The highest BCUT2D eigenvalue weighted by Crippen LogP contribution is 2.32. The molecular weight excluding hydrogens is 332 g/mol. The van der Waals surface area contributed by atoms with Crippen molar-refractivity contribution in [1.82, 2.24) is 0 Å². The number of rotatable bonds is 7. The first-order valence-electron chi connectivity index (χ1n) is 8.83. The summed E-state index contributed by atoms with van der Waals surface area (Å²) in [5.74, 6) is 1.04. The normalized spacial score (nSPS) is 20.5. The van der Waals surface area contributed by atoms with Crippen molar-refractivity contribution in [2.75, 3.05) is 20.3 Å². The van der Waals surface area contributed by atoms with Crippen LogP contribution in [0.25, 0.3) is 11.1 Å². The largest absolute Gasteiger partial charge is 0.497 e. The van der Waals surface area contributed by atoms with E-state index in [9.17, 15) is 4.79 Å². The van der Waals surface area contributed by atoms with E-state index < -0.39 is 0 Å². The standard InChI is InChI=1S/C21H22O5/c1-13(22)26-19-6-15(8-21-12-25-21)4-17(10-19)16-3-14(7-20-11-24-20)5-18(9-16)23-2/h3-6,9-10,20-21H,7-8,11-12H2,1-2H3. The SMILES string of the molecule is COc1cc(CC2CO2)cc(-c2cc(CC3CO3)cc(OC(C)=O)c2)c1. The molecule has 0 N–H and O–H groups in total. The van der Waals surface area contributed by atoms with Gasteiger partial charge in [0.05, 0.1) is 32.5 Å². The fourth-order valence-electron chi connectivity index (χ4n) is 3.13. The molecule has 2 unspecified atom stereocenters. The zero-order valence-corrected chi connectivity index (χ0v) is 15.0. The van der Waals surface area contributed by atoms with Gasteiger partial charge in [0.25, 0.3) is 0 Å². The summed E-state index contributed by atoms with van der Waals surface area (Å²) in [4.78, 5) is 11.4. The minimum absolute atomic E-state index is 0.267. The Morgan fingerprint density at radius 2 is 1.42 bits per heavy atom. The summed E-state index contributed by atoms with van der Waals surface area (Å²) in [6, 6.07) is 12.1. The number of carbonyl (C=O) groups excluding carboxylic acids is 1. The summed E-state index contributed by atoms with van der Waals surface area (Å²) in [5, 5.41) is 0. The summed E-state index contributed by atoms with van der Waals surface area (Å²) in [6.07, 6.45) is 2.26. The molecule has 0 spiro atoms. The van der Waals surface area contributed by atoms with Crippen LogP contribution in [0.3, 0.4) is 0 Å². The minimum Gasteiger partial charge on any atom is -0.497 e. The highest BCUT2D eigenvalue weighted by molar-refractivity contribution is 5.73. The highest BCUT2D eigenvalue weighted by Gasteiger charge is 2.24. The van der Waals surface area contributed by atoms with Gasteiger partial charge < -0.3 is 18.9 Å². The molecule has 2 aliphatic heterocycles. The zero-order valence-electron chi connectivity index (χ0n) is 15.0. The van der Waals surface area contributed by atoms with Gasteiger partial charge in [-0.2, -0.15) is 0 Å². The van der Waals surface area contributed by atoms with E-state index in [-0.39, 0.29) is 12.1 Å². The number of methoxy groups -OCH3 is 1. The number of benzene rings is 2. The van der Waals surface area contributed by atoms with Crippen LogP contribution in [-0.2, 0) is 27.1 Å². The Kier molecular flexibility index (Phi) is 4.66. The number of hydrogen-bond acceptors (Lipinski definition) is 5. The Labute approximate surface area is 152 Å². The van der Waals surface area contributed by atoms with Gasteiger partial charge in [-0.15, -0.1) is 0 Å². The van der Waals surface area contributed by atoms with Crippen LogP contribution in [-0.4, -0.2) is 38.5 Å². The molecule has 5 heteroatoms. The lowest BCUT2D eigenvalue weighted by atomic mass is 9.97. The van der Waals surface area contributed by atoms with Crippen molar-refractivity contribution in [2.24, 2.45) is 0 Å². The molecule has 2 aromatic carbocycles. The van der Waals surface area contributed by atoms with E-state index in [0.29, 0.717) is 11.9 Å². The molecule has 0 aromatic heterocycles. The smallest absolute Gasteiger partial charge is 0.308 e. The maximum atomic E-state index is 11.4. The highest BCUT2D eigenvalue weighted by atomic mass is 16.6. The topological polar surface area (TPSA) is 60.6 Å². The quantitative estimate of drug-likeness (QED) is 0.434. The second kappa shape index (κ2) is 7.09. The lowest BCUT2D eigenvalue weighted by Crippen LogP contribution is -2.03. The third kappa shape index (κ3) is 4.42. The van der Waals surface area contributed by atoms with Crippen molar-refractivity contribution in [2.45, 2.75) is 32.0 Å². The molecule has 2 aromatic rings. The van der Waals surface area contributed by atoms with E-state index in [1.807, 2.05) is 24.3 Å². The molecule has 136 valence electrons. The Morgan fingerprint density at radius 1 is 0.923 bits per heavy atom. The minimum atomic E-state index is -0.326. The molecule has 0 bridgehead atoms. The fourth-order valence-corrected chi connectivity index (χ4v) is 3.13. The molecular formula is C21H22O5. The van der Waals surface area contributed by atoms with Crippen LogP contribution in [0.4, 0.5) is 0 Å². The maximum Gasteiger partial charge on any atom is 0.308 e. The second-order valence-corrected chi connectivity index (χ2v) is 6.85.